The highest BCUT2D eigenvalue weighted by Crippen LogP contribution is 2.32. The highest BCUT2D eigenvalue weighted by molar-refractivity contribution is 6.31. The third-order valence-electron chi connectivity index (χ3n) is 4.66. The number of hydrogen-bond donors (Lipinski definition) is 0. The molecule has 0 N–H and O–H groups in total. The lowest BCUT2D eigenvalue weighted by atomic mass is 10.0. The van der Waals surface area contributed by atoms with Crippen LogP contribution in [-0.2, 0) is 13.5 Å². The van der Waals surface area contributed by atoms with E-state index in [1.54, 1.807) is 29.3 Å². The molecule has 3 aromatic rings. The van der Waals surface area contributed by atoms with Crippen LogP contribution in [0.15, 0.2) is 30.7 Å². The number of hydrogen-bond acceptors (Lipinski definition) is 4. The SMILES string of the molecule is Cn1ncc2c(N3CCC[C@@H]3Cc3c(F)cccc3Cl)ncnc21. The smallest absolute Gasteiger partial charge is 0.163 e. The Morgan fingerprint density at radius 1 is 1.33 bits per heavy atom. The second-order valence-corrected chi connectivity index (χ2v) is 6.50. The molecule has 0 unspecified atom stereocenters. The van der Waals surface area contributed by atoms with Gasteiger partial charge in [-0.15, -0.1) is 0 Å². The van der Waals surface area contributed by atoms with E-state index >= 15 is 0 Å². The lowest BCUT2D eigenvalue weighted by molar-refractivity contribution is 0.583. The molecule has 0 spiro atoms. The maximum atomic E-state index is 14.1. The average molecular weight is 346 g/mol. The third kappa shape index (κ3) is 2.51. The molecule has 4 rings (SSSR count). The molecule has 1 atom stereocenters. The summed E-state index contributed by atoms with van der Waals surface area (Å²) in [6, 6.07) is 5.00. The third-order valence-corrected chi connectivity index (χ3v) is 5.01. The zero-order valence-corrected chi connectivity index (χ0v) is 14.0. The Balaban J connectivity index is 1.70. The normalized spacial score (nSPS) is 17.8. The molecule has 1 aliphatic rings. The molecule has 1 aliphatic heterocycles. The van der Waals surface area contributed by atoms with Gasteiger partial charge < -0.3 is 4.90 Å². The van der Waals surface area contributed by atoms with Crippen LogP contribution in [0.4, 0.5) is 10.2 Å². The van der Waals surface area contributed by atoms with Crippen molar-refractivity contribution in [2.24, 2.45) is 7.05 Å². The number of benzene rings is 1. The monoisotopic (exact) mass is 345 g/mol. The molecule has 1 saturated heterocycles. The Morgan fingerprint density at radius 3 is 3.04 bits per heavy atom. The lowest BCUT2D eigenvalue weighted by Gasteiger charge is -2.26. The summed E-state index contributed by atoms with van der Waals surface area (Å²) in [6.07, 6.45) is 5.94. The fourth-order valence-corrected chi connectivity index (χ4v) is 3.71. The van der Waals surface area contributed by atoms with Crippen LogP contribution < -0.4 is 4.90 Å². The van der Waals surface area contributed by atoms with E-state index in [2.05, 4.69) is 20.0 Å². The van der Waals surface area contributed by atoms with Gasteiger partial charge in [-0.1, -0.05) is 17.7 Å². The van der Waals surface area contributed by atoms with Gasteiger partial charge in [0.2, 0.25) is 0 Å². The fourth-order valence-electron chi connectivity index (χ4n) is 3.47. The Morgan fingerprint density at radius 2 is 2.21 bits per heavy atom. The molecular formula is C17H17ClFN5. The summed E-state index contributed by atoms with van der Waals surface area (Å²) in [5, 5.41) is 5.68. The summed E-state index contributed by atoms with van der Waals surface area (Å²) in [5.74, 6) is 0.617. The minimum atomic E-state index is -0.247. The van der Waals surface area contributed by atoms with Gasteiger partial charge in [0, 0.05) is 30.2 Å². The quantitative estimate of drug-likeness (QED) is 0.730. The molecular weight excluding hydrogens is 329 g/mol. The molecule has 24 heavy (non-hydrogen) atoms. The molecule has 0 amide bonds. The molecule has 2 aromatic heterocycles. The number of halogens is 2. The van der Waals surface area contributed by atoms with E-state index in [-0.39, 0.29) is 11.9 Å². The summed E-state index contributed by atoms with van der Waals surface area (Å²) in [7, 11) is 1.86. The summed E-state index contributed by atoms with van der Waals surface area (Å²) < 4.78 is 15.9. The molecule has 124 valence electrons. The fraction of sp³-hybridized carbons (Fsp3) is 0.353. The van der Waals surface area contributed by atoms with Crippen LogP contribution in [-0.4, -0.2) is 32.3 Å². The van der Waals surface area contributed by atoms with E-state index in [9.17, 15) is 4.39 Å². The first kappa shape index (κ1) is 15.3. The van der Waals surface area contributed by atoms with E-state index in [1.165, 1.54) is 6.07 Å². The number of rotatable bonds is 3. The van der Waals surface area contributed by atoms with Crippen LogP contribution in [0.5, 0.6) is 0 Å². The van der Waals surface area contributed by atoms with Gasteiger partial charge >= 0.3 is 0 Å². The van der Waals surface area contributed by atoms with E-state index in [4.69, 9.17) is 11.6 Å². The zero-order valence-electron chi connectivity index (χ0n) is 13.3. The molecule has 0 aliphatic carbocycles. The largest absolute Gasteiger partial charge is 0.353 e. The van der Waals surface area contributed by atoms with E-state index in [0.29, 0.717) is 17.0 Å². The number of fused-ring (bicyclic) bond motifs is 1. The van der Waals surface area contributed by atoms with Gasteiger partial charge in [-0.25, -0.2) is 14.4 Å². The summed E-state index contributed by atoms with van der Waals surface area (Å²) in [6.45, 7) is 0.887. The topological polar surface area (TPSA) is 46.8 Å². The second-order valence-electron chi connectivity index (χ2n) is 6.10. The summed E-state index contributed by atoms with van der Waals surface area (Å²) >= 11 is 6.20. The first-order valence-electron chi connectivity index (χ1n) is 7.97. The predicted octanol–water partition coefficient (Wildman–Crippen LogP) is 3.37. The summed E-state index contributed by atoms with van der Waals surface area (Å²) in [4.78, 5) is 11.0. The standard InChI is InChI=1S/C17H17ClFN5/c1-23-16-13(9-22-23)17(21-10-20-16)24-7-3-4-11(24)8-12-14(18)5-2-6-15(12)19/h2,5-6,9-11H,3-4,7-8H2,1H3/t11-/m1/s1. The molecule has 0 bridgehead atoms. The maximum Gasteiger partial charge on any atom is 0.163 e. The van der Waals surface area contributed by atoms with Crippen molar-refractivity contribution in [2.45, 2.75) is 25.3 Å². The molecule has 0 saturated carbocycles. The molecule has 5 nitrogen and oxygen atoms in total. The molecule has 3 heterocycles. The number of anilines is 1. The van der Waals surface area contributed by atoms with Crippen molar-refractivity contribution >= 4 is 28.5 Å². The molecule has 1 fully saturated rings. The van der Waals surface area contributed by atoms with E-state index < -0.39 is 0 Å². The lowest BCUT2D eigenvalue weighted by Crippen LogP contribution is -2.32. The van der Waals surface area contributed by atoms with E-state index in [0.717, 1.165) is 36.2 Å². The van der Waals surface area contributed by atoms with Crippen LogP contribution in [0.3, 0.4) is 0 Å². The van der Waals surface area contributed by atoms with Crippen LogP contribution in [0.2, 0.25) is 5.02 Å². The summed E-state index contributed by atoms with van der Waals surface area (Å²) in [5.41, 5.74) is 1.38. The van der Waals surface area contributed by atoms with Crippen LogP contribution in [0, 0.1) is 5.82 Å². The van der Waals surface area contributed by atoms with Crippen molar-refractivity contribution in [2.75, 3.05) is 11.4 Å². The Labute approximate surface area is 144 Å². The van der Waals surface area contributed by atoms with Gasteiger partial charge in [-0.05, 0) is 31.4 Å². The van der Waals surface area contributed by atoms with Crippen LogP contribution in [0.25, 0.3) is 11.0 Å². The highest BCUT2D eigenvalue weighted by Gasteiger charge is 2.29. The van der Waals surface area contributed by atoms with Gasteiger partial charge in [0.05, 0.1) is 11.6 Å². The predicted molar refractivity (Wildman–Crippen MR) is 91.8 cm³/mol. The Kier molecular flexibility index (Phi) is 3.84. The minimum absolute atomic E-state index is 0.165. The number of aryl methyl sites for hydroxylation is 1. The van der Waals surface area contributed by atoms with Gasteiger partial charge in [0.1, 0.15) is 18.0 Å². The van der Waals surface area contributed by atoms with Crippen molar-refractivity contribution in [3.63, 3.8) is 0 Å². The molecule has 1 aromatic carbocycles. The Bertz CT molecular complexity index is 874. The molecule has 0 radical (unpaired) electrons. The first-order chi connectivity index (χ1) is 11.6. The van der Waals surface area contributed by atoms with Gasteiger partial charge in [0.25, 0.3) is 0 Å². The van der Waals surface area contributed by atoms with E-state index in [1.807, 2.05) is 7.05 Å². The van der Waals surface area contributed by atoms with Crippen LogP contribution in [0.1, 0.15) is 18.4 Å². The Hall–Kier alpha value is -2.21. The van der Waals surface area contributed by atoms with Crippen molar-refractivity contribution in [1.29, 1.82) is 0 Å². The van der Waals surface area contributed by atoms with Crippen molar-refractivity contribution in [3.05, 3.63) is 47.1 Å². The van der Waals surface area contributed by atoms with Gasteiger partial charge in [0.15, 0.2) is 5.65 Å². The number of aromatic nitrogens is 4. The number of nitrogens with zero attached hydrogens (tertiary/aromatic N) is 5. The molecule has 7 heteroatoms. The van der Waals surface area contributed by atoms with Crippen LogP contribution >= 0.6 is 11.6 Å². The van der Waals surface area contributed by atoms with Crippen molar-refractivity contribution in [3.8, 4) is 0 Å². The van der Waals surface area contributed by atoms with Gasteiger partial charge in [-0.2, -0.15) is 5.10 Å². The highest BCUT2D eigenvalue weighted by atomic mass is 35.5. The first-order valence-corrected chi connectivity index (χ1v) is 8.35. The van der Waals surface area contributed by atoms with Gasteiger partial charge in [-0.3, -0.25) is 4.68 Å². The van der Waals surface area contributed by atoms with Crippen molar-refractivity contribution in [1.82, 2.24) is 19.7 Å². The van der Waals surface area contributed by atoms with Crippen molar-refractivity contribution < 1.29 is 4.39 Å². The minimum Gasteiger partial charge on any atom is -0.353 e. The average Bonchev–Trinajstić information content (AvgIpc) is 3.18. The zero-order chi connectivity index (χ0) is 16.7. The maximum absolute atomic E-state index is 14.1. The second kappa shape index (κ2) is 6.02.